The molecule has 142 valence electrons. The number of guanidine groups is 1. The predicted molar refractivity (Wildman–Crippen MR) is 103 cm³/mol. The maximum absolute atomic E-state index is 11.7. The third-order valence-corrected chi connectivity index (χ3v) is 5.57. The van der Waals surface area contributed by atoms with Crippen molar-refractivity contribution >= 4 is 11.9 Å². The number of ether oxygens (including phenoxy) is 1. The molecule has 1 amide bonds. The van der Waals surface area contributed by atoms with Crippen LogP contribution in [0.5, 0.6) is 5.75 Å². The van der Waals surface area contributed by atoms with Crippen molar-refractivity contribution in [3.05, 3.63) is 29.8 Å². The maximum Gasteiger partial charge on any atom is 0.259 e. The molecule has 1 heterocycles. The molecule has 1 aromatic carbocycles. The van der Waals surface area contributed by atoms with Gasteiger partial charge in [0.05, 0.1) is 0 Å². The van der Waals surface area contributed by atoms with E-state index >= 15 is 0 Å². The molecule has 0 unspecified atom stereocenters. The molecule has 1 saturated carbocycles. The Hall–Kier alpha value is -2.24. The molecule has 6 nitrogen and oxygen atoms in total. The Morgan fingerprint density at radius 3 is 2.77 bits per heavy atom. The molecular weight excluding hydrogens is 328 g/mol. The highest BCUT2D eigenvalue weighted by Gasteiger charge is 2.43. The Morgan fingerprint density at radius 1 is 1.35 bits per heavy atom. The zero-order valence-electron chi connectivity index (χ0n) is 16.1. The van der Waals surface area contributed by atoms with Gasteiger partial charge in [-0.2, -0.15) is 0 Å². The second kappa shape index (κ2) is 7.98. The summed E-state index contributed by atoms with van der Waals surface area (Å²) in [5.74, 6) is 1.64. The summed E-state index contributed by atoms with van der Waals surface area (Å²) in [4.78, 5) is 20.0. The standard InChI is InChI=1S/C20H30N4O2/c1-21-19(24-11-10-20(15-24)8-5-9-20)22-13-16-6-4-7-17(12-16)26-14-18(25)23(2)3/h4,6-7,12H,5,8-11,13-15H2,1-3H3,(H,21,22). The van der Waals surface area contributed by atoms with Crippen molar-refractivity contribution in [2.75, 3.05) is 40.8 Å². The minimum atomic E-state index is -0.0483. The molecule has 1 N–H and O–H groups in total. The summed E-state index contributed by atoms with van der Waals surface area (Å²) in [7, 11) is 5.30. The summed E-state index contributed by atoms with van der Waals surface area (Å²) in [6, 6.07) is 7.86. The molecule has 2 fully saturated rings. The summed E-state index contributed by atoms with van der Waals surface area (Å²) < 4.78 is 5.59. The SMILES string of the molecule is CN=C(NCc1cccc(OCC(=O)N(C)C)c1)N1CCC2(CCC2)C1. The highest BCUT2D eigenvalue weighted by molar-refractivity contribution is 5.80. The van der Waals surface area contributed by atoms with E-state index in [9.17, 15) is 4.79 Å². The second-order valence-corrected chi connectivity index (χ2v) is 7.65. The van der Waals surface area contributed by atoms with E-state index in [4.69, 9.17) is 4.74 Å². The maximum atomic E-state index is 11.7. The first kappa shape index (κ1) is 18.5. The van der Waals surface area contributed by atoms with Gasteiger partial charge < -0.3 is 19.9 Å². The lowest BCUT2D eigenvalue weighted by molar-refractivity contribution is -0.130. The number of carbonyl (C=O) groups is 1. The van der Waals surface area contributed by atoms with Crippen molar-refractivity contribution in [3.63, 3.8) is 0 Å². The number of carbonyl (C=O) groups excluding carboxylic acids is 1. The summed E-state index contributed by atoms with van der Waals surface area (Å²) >= 11 is 0. The zero-order chi connectivity index (χ0) is 18.6. The number of nitrogens with one attached hydrogen (secondary N) is 1. The number of benzene rings is 1. The lowest BCUT2D eigenvalue weighted by atomic mass is 9.68. The second-order valence-electron chi connectivity index (χ2n) is 7.65. The van der Waals surface area contributed by atoms with E-state index < -0.39 is 0 Å². The van der Waals surface area contributed by atoms with Crippen LogP contribution < -0.4 is 10.1 Å². The van der Waals surface area contributed by atoms with Crippen molar-refractivity contribution in [1.29, 1.82) is 0 Å². The predicted octanol–water partition coefficient (Wildman–Crippen LogP) is 2.10. The summed E-state index contributed by atoms with van der Waals surface area (Å²) in [6.07, 6.45) is 5.40. The van der Waals surface area contributed by atoms with E-state index in [1.54, 1.807) is 14.1 Å². The van der Waals surface area contributed by atoms with Crippen LogP contribution in [0.25, 0.3) is 0 Å². The summed E-state index contributed by atoms with van der Waals surface area (Å²) in [6.45, 7) is 2.97. The first-order valence-electron chi connectivity index (χ1n) is 9.39. The van der Waals surface area contributed by atoms with E-state index in [1.165, 1.54) is 30.6 Å². The highest BCUT2D eigenvalue weighted by atomic mass is 16.5. The quantitative estimate of drug-likeness (QED) is 0.647. The van der Waals surface area contributed by atoms with Gasteiger partial charge in [0, 0.05) is 40.8 Å². The molecule has 1 saturated heterocycles. The number of aliphatic imine (C=N–C) groups is 1. The van der Waals surface area contributed by atoms with Crippen molar-refractivity contribution in [3.8, 4) is 5.75 Å². The van der Waals surface area contributed by atoms with Crippen LogP contribution in [0.1, 0.15) is 31.2 Å². The van der Waals surface area contributed by atoms with Crippen molar-refractivity contribution in [2.45, 2.75) is 32.2 Å². The molecule has 0 radical (unpaired) electrons. The Labute approximate surface area is 156 Å². The first-order chi connectivity index (χ1) is 12.5. The van der Waals surface area contributed by atoms with Gasteiger partial charge in [-0.25, -0.2) is 0 Å². The van der Waals surface area contributed by atoms with E-state index in [1.807, 2.05) is 25.2 Å². The van der Waals surface area contributed by atoms with Gasteiger partial charge in [0.1, 0.15) is 5.75 Å². The lowest BCUT2D eigenvalue weighted by Gasteiger charge is -2.38. The van der Waals surface area contributed by atoms with Gasteiger partial charge in [0.25, 0.3) is 5.91 Å². The molecule has 0 atom stereocenters. The summed E-state index contributed by atoms with van der Waals surface area (Å²) in [5, 5.41) is 3.47. The molecule has 0 aromatic heterocycles. The highest BCUT2D eigenvalue weighted by Crippen LogP contribution is 2.47. The number of nitrogens with zero attached hydrogens (tertiary/aromatic N) is 3. The Kier molecular flexibility index (Phi) is 5.69. The van der Waals surface area contributed by atoms with E-state index in [2.05, 4.69) is 21.3 Å². The third-order valence-electron chi connectivity index (χ3n) is 5.57. The molecule has 0 bridgehead atoms. The summed E-state index contributed by atoms with van der Waals surface area (Å²) in [5.41, 5.74) is 1.67. The molecule has 3 rings (SSSR count). The Morgan fingerprint density at radius 2 is 2.15 bits per heavy atom. The average molecular weight is 358 g/mol. The molecule has 1 aliphatic heterocycles. The fourth-order valence-electron chi connectivity index (χ4n) is 3.73. The van der Waals surface area contributed by atoms with Gasteiger partial charge in [0.2, 0.25) is 0 Å². The van der Waals surface area contributed by atoms with Crippen LogP contribution >= 0.6 is 0 Å². The largest absolute Gasteiger partial charge is 0.484 e. The Balaban J connectivity index is 1.52. The lowest BCUT2D eigenvalue weighted by Crippen LogP contribution is -2.42. The molecule has 6 heteroatoms. The zero-order valence-corrected chi connectivity index (χ0v) is 16.1. The minimum absolute atomic E-state index is 0.0483. The van der Waals surface area contributed by atoms with E-state index in [0.717, 1.165) is 24.6 Å². The fourth-order valence-corrected chi connectivity index (χ4v) is 3.73. The number of hydrogen-bond donors (Lipinski definition) is 1. The first-order valence-corrected chi connectivity index (χ1v) is 9.39. The van der Waals surface area contributed by atoms with Crippen LogP contribution in [-0.2, 0) is 11.3 Å². The van der Waals surface area contributed by atoms with Gasteiger partial charge in [0.15, 0.2) is 12.6 Å². The van der Waals surface area contributed by atoms with Gasteiger partial charge in [-0.3, -0.25) is 9.79 Å². The van der Waals surface area contributed by atoms with Gasteiger partial charge >= 0.3 is 0 Å². The number of rotatable bonds is 5. The van der Waals surface area contributed by atoms with Gasteiger partial charge in [-0.1, -0.05) is 18.6 Å². The van der Waals surface area contributed by atoms with E-state index in [0.29, 0.717) is 17.7 Å². The number of amides is 1. The van der Waals surface area contributed by atoms with Crippen LogP contribution in [0, 0.1) is 5.41 Å². The molecule has 2 aliphatic rings. The topological polar surface area (TPSA) is 57.2 Å². The molecule has 1 spiro atoms. The molecular formula is C20H30N4O2. The monoisotopic (exact) mass is 358 g/mol. The van der Waals surface area contributed by atoms with Gasteiger partial charge in [-0.15, -0.1) is 0 Å². The van der Waals surface area contributed by atoms with Crippen LogP contribution in [-0.4, -0.2) is 62.5 Å². The average Bonchev–Trinajstić information content (AvgIpc) is 3.06. The fraction of sp³-hybridized carbons (Fsp3) is 0.600. The number of hydrogen-bond acceptors (Lipinski definition) is 3. The molecule has 26 heavy (non-hydrogen) atoms. The number of likely N-dealkylation sites (tertiary alicyclic amines) is 1. The Bertz CT molecular complexity index is 668. The van der Waals surface area contributed by atoms with E-state index in [-0.39, 0.29) is 12.5 Å². The van der Waals surface area contributed by atoms with Gasteiger partial charge in [-0.05, 0) is 42.4 Å². The van der Waals surface area contributed by atoms with Crippen molar-refractivity contribution < 1.29 is 9.53 Å². The normalized spacial score (nSPS) is 18.6. The molecule has 1 aliphatic carbocycles. The van der Waals surface area contributed by atoms with Crippen molar-refractivity contribution in [1.82, 2.24) is 15.1 Å². The van der Waals surface area contributed by atoms with Crippen LogP contribution in [0.4, 0.5) is 0 Å². The number of likely N-dealkylation sites (N-methyl/N-ethyl adjacent to an activating group) is 1. The van der Waals surface area contributed by atoms with Crippen LogP contribution in [0.2, 0.25) is 0 Å². The molecule has 1 aromatic rings. The minimum Gasteiger partial charge on any atom is -0.484 e. The van der Waals surface area contributed by atoms with Crippen LogP contribution in [0.3, 0.4) is 0 Å². The third kappa shape index (κ3) is 4.29. The van der Waals surface area contributed by atoms with Crippen molar-refractivity contribution in [2.24, 2.45) is 10.4 Å². The van der Waals surface area contributed by atoms with Crippen LogP contribution in [0.15, 0.2) is 29.3 Å². The smallest absolute Gasteiger partial charge is 0.259 e.